The van der Waals surface area contributed by atoms with Crippen molar-refractivity contribution in [1.29, 1.82) is 0 Å². The van der Waals surface area contributed by atoms with Crippen molar-refractivity contribution >= 4 is 44.9 Å². The average molecular weight is 443 g/mol. The number of aromatic nitrogens is 2. The van der Waals surface area contributed by atoms with Crippen LogP contribution < -0.4 is 5.56 Å². The van der Waals surface area contributed by atoms with E-state index in [1.54, 1.807) is 34.1 Å². The summed E-state index contributed by atoms with van der Waals surface area (Å²) < 4.78 is 15.2. The van der Waals surface area contributed by atoms with Gasteiger partial charge >= 0.3 is 0 Å². The van der Waals surface area contributed by atoms with E-state index in [2.05, 4.69) is 0 Å². The molecule has 2 heterocycles. The summed E-state index contributed by atoms with van der Waals surface area (Å²) in [6.45, 7) is 0. The maximum Gasteiger partial charge on any atom is 0.267 e. The molecule has 3 nitrogen and oxygen atoms in total. The highest BCUT2D eigenvalue weighted by Crippen LogP contribution is 2.36. The smallest absolute Gasteiger partial charge is 0.267 e. The first-order valence-corrected chi connectivity index (χ1v) is 11.5. The summed E-state index contributed by atoms with van der Waals surface area (Å²) >= 11 is 9.11. The Morgan fingerprint density at radius 2 is 2.00 bits per heavy atom. The number of fused-ring (bicyclic) bond motifs is 3. The second-order valence-electron chi connectivity index (χ2n) is 6.97. The Kier molecular flexibility index (Phi) is 4.94. The minimum atomic E-state index is -0.267. The van der Waals surface area contributed by atoms with E-state index in [4.69, 9.17) is 16.6 Å². The first-order chi connectivity index (χ1) is 14.1. The fraction of sp³-hybridized carbons (Fsp3) is 0.182. The molecule has 29 heavy (non-hydrogen) atoms. The van der Waals surface area contributed by atoms with E-state index in [0.717, 1.165) is 46.3 Å². The minimum absolute atomic E-state index is 0.0431. The van der Waals surface area contributed by atoms with Gasteiger partial charge in [0.25, 0.3) is 5.56 Å². The molecule has 2 aromatic carbocycles. The summed E-state index contributed by atoms with van der Waals surface area (Å²) in [5, 5.41) is 1.96. The van der Waals surface area contributed by atoms with Crippen LogP contribution in [-0.4, -0.2) is 9.55 Å². The first kappa shape index (κ1) is 18.9. The van der Waals surface area contributed by atoms with Crippen molar-refractivity contribution in [2.45, 2.75) is 30.2 Å². The van der Waals surface area contributed by atoms with E-state index < -0.39 is 0 Å². The van der Waals surface area contributed by atoms with Crippen LogP contribution in [-0.2, 0) is 18.6 Å². The van der Waals surface area contributed by atoms with Crippen LogP contribution in [0.1, 0.15) is 22.4 Å². The quantitative estimate of drug-likeness (QED) is 0.286. The van der Waals surface area contributed by atoms with Gasteiger partial charge in [-0.2, -0.15) is 0 Å². The molecule has 5 rings (SSSR count). The molecule has 0 amide bonds. The topological polar surface area (TPSA) is 34.9 Å². The molecule has 0 spiro atoms. The van der Waals surface area contributed by atoms with Gasteiger partial charge in [-0.05, 0) is 66.8 Å². The largest absolute Gasteiger partial charge is 0.268 e. The van der Waals surface area contributed by atoms with Crippen LogP contribution in [0.15, 0.2) is 58.5 Å². The summed E-state index contributed by atoms with van der Waals surface area (Å²) in [5.74, 6) is 0.255. The van der Waals surface area contributed by atoms with Crippen molar-refractivity contribution in [3.05, 3.63) is 85.7 Å². The van der Waals surface area contributed by atoms with Gasteiger partial charge in [-0.25, -0.2) is 9.37 Å². The van der Waals surface area contributed by atoms with Gasteiger partial charge < -0.3 is 0 Å². The van der Waals surface area contributed by atoms with Crippen LogP contribution in [0.25, 0.3) is 15.9 Å². The van der Waals surface area contributed by atoms with Crippen molar-refractivity contribution in [3.63, 3.8) is 0 Å². The summed E-state index contributed by atoms with van der Waals surface area (Å²) in [6, 6.07) is 13.7. The number of thioether (sulfide) groups is 1. The number of aryl methyl sites for hydroxylation is 2. The van der Waals surface area contributed by atoms with Crippen molar-refractivity contribution < 1.29 is 4.39 Å². The summed E-state index contributed by atoms with van der Waals surface area (Å²) in [4.78, 5) is 20.5. The minimum Gasteiger partial charge on any atom is -0.268 e. The summed E-state index contributed by atoms with van der Waals surface area (Å²) in [6.07, 6.45) is 3.04. The fourth-order valence-corrected chi connectivity index (χ4v) is 6.10. The maximum atomic E-state index is 13.5. The van der Waals surface area contributed by atoms with Crippen LogP contribution in [0, 0.1) is 5.82 Å². The Bertz CT molecular complexity index is 1280. The molecule has 0 atom stereocenters. The maximum absolute atomic E-state index is 13.5. The highest BCUT2D eigenvalue weighted by molar-refractivity contribution is 7.98. The molecular weight excluding hydrogens is 427 g/mol. The molecule has 0 N–H and O–H groups in total. The van der Waals surface area contributed by atoms with Crippen LogP contribution in [0.4, 0.5) is 4.39 Å². The second-order valence-corrected chi connectivity index (χ2v) is 9.43. The van der Waals surface area contributed by atoms with Crippen LogP contribution in [0.5, 0.6) is 0 Å². The van der Waals surface area contributed by atoms with Gasteiger partial charge in [-0.15, -0.1) is 11.3 Å². The Morgan fingerprint density at radius 3 is 2.79 bits per heavy atom. The van der Waals surface area contributed by atoms with Crippen molar-refractivity contribution in [3.8, 4) is 5.69 Å². The monoisotopic (exact) mass is 442 g/mol. The molecule has 0 unspecified atom stereocenters. The van der Waals surface area contributed by atoms with E-state index in [9.17, 15) is 9.18 Å². The molecule has 0 radical (unpaired) electrons. The third-order valence-electron chi connectivity index (χ3n) is 5.05. The molecule has 0 saturated carbocycles. The number of nitrogens with zero attached hydrogens (tertiary/aromatic N) is 2. The predicted octanol–water partition coefficient (Wildman–Crippen LogP) is 6.02. The summed E-state index contributed by atoms with van der Waals surface area (Å²) in [7, 11) is 0. The van der Waals surface area contributed by atoms with Gasteiger partial charge in [0, 0.05) is 15.7 Å². The molecule has 146 valence electrons. The van der Waals surface area contributed by atoms with Gasteiger partial charge in [0.2, 0.25) is 0 Å². The molecule has 2 aromatic heterocycles. The number of hydrogen-bond donors (Lipinski definition) is 0. The second kappa shape index (κ2) is 7.59. The van der Waals surface area contributed by atoms with Crippen LogP contribution in [0.2, 0.25) is 5.02 Å². The van der Waals surface area contributed by atoms with Gasteiger partial charge in [0.05, 0.1) is 11.1 Å². The molecule has 4 aromatic rings. The lowest BCUT2D eigenvalue weighted by molar-refractivity contribution is 0.626. The summed E-state index contributed by atoms with van der Waals surface area (Å²) in [5.41, 5.74) is 2.69. The fourth-order valence-electron chi connectivity index (χ4n) is 3.71. The van der Waals surface area contributed by atoms with Crippen LogP contribution in [0.3, 0.4) is 0 Å². The van der Waals surface area contributed by atoms with Crippen molar-refractivity contribution in [2.75, 3.05) is 0 Å². The van der Waals surface area contributed by atoms with Gasteiger partial charge in [0.1, 0.15) is 10.6 Å². The zero-order chi connectivity index (χ0) is 20.0. The van der Waals surface area contributed by atoms with E-state index in [0.29, 0.717) is 15.9 Å². The molecule has 0 fully saturated rings. The highest BCUT2D eigenvalue weighted by Gasteiger charge is 2.24. The molecule has 1 aliphatic carbocycles. The number of halogens is 2. The third kappa shape index (κ3) is 3.50. The van der Waals surface area contributed by atoms with Crippen molar-refractivity contribution in [1.82, 2.24) is 9.55 Å². The average Bonchev–Trinajstić information content (AvgIpc) is 3.28. The lowest BCUT2D eigenvalue weighted by atomic mass is 10.2. The third-order valence-corrected chi connectivity index (χ3v) is 7.50. The molecule has 7 heteroatoms. The Morgan fingerprint density at radius 1 is 1.17 bits per heavy atom. The number of benzene rings is 2. The van der Waals surface area contributed by atoms with Gasteiger partial charge in [0.15, 0.2) is 5.16 Å². The van der Waals surface area contributed by atoms with Crippen molar-refractivity contribution in [2.24, 2.45) is 0 Å². The standard InChI is InChI=1S/C22H16ClFN2OS2/c23-14-7-9-16(10-8-14)26-21(27)19-17-5-2-6-18(17)29-20(19)25-22(26)28-12-13-3-1-4-15(24)11-13/h1,3-4,7-11H,2,5-6,12H2. The van der Waals surface area contributed by atoms with E-state index in [1.165, 1.54) is 28.8 Å². The molecule has 1 aliphatic rings. The Hall–Kier alpha value is -2.15. The number of thiophene rings is 1. The molecule has 0 bridgehead atoms. The molecular formula is C22H16ClFN2OS2. The van der Waals surface area contributed by atoms with Gasteiger partial charge in [-0.1, -0.05) is 35.5 Å². The Labute approximate surface area is 180 Å². The highest BCUT2D eigenvalue weighted by atomic mass is 35.5. The van der Waals surface area contributed by atoms with Crippen LogP contribution >= 0.6 is 34.7 Å². The number of rotatable bonds is 4. The van der Waals surface area contributed by atoms with E-state index in [1.807, 2.05) is 18.2 Å². The van der Waals surface area contributed by atoms with E-state index in [-0.39, 0.29) is 11.4 Å². The first-order valence-electron chi connectivity index (χ1n) is 9.30. The molecule has 0 aliphatic heterocycles. The predicted molar refractivity (Wildman–Crippen MR) is 118 cm³/mol. The number of hydrogen-bond acceptors (Lipinski definition) is 4. The zero-order valence-corrected chi connectivity index (χ0v) is 17.7. The molecule has 0 saturated heterocycles. The SMILES string of the molecule is O=c1c2c3c(sc2nc(SCc2cccc(F)c2)n1-c1ccc(Cl)cc1)CCC3. The lowest BCUT2D eigenvalue weighted by Crippen LogP contribution is -2.21. The normalized spacial score (nSPS) is 13.2. The zero-order valence-electron chi connectivity index (χ0n) is 15.3. The van der Waals surface area contributed by atoms with E-state index >= 15 is 0 Å². The Balaban J connectivity index is 1.65. The lowest BCUT2D eigenvalue weighted by Gasteiger charge is -2.13. The van der Waals surface area contributed by atoms with Gasteiger partial charge in [-0.3, -0.25) is 9.36 Å².